The second-order valence-electron chi connectivity index (χ2n) is 6.36. The molecule has 2 heterocycles. The van der Waals surface area contributed by atoms with Crippen LogP contribution in [-0.2, 0) is 6.54 Å². The van der Waals surface area contributed by atoms with Gasteiger partial charge in [-0.2, -0.15) is 5.26 Å². The lowest BCUT2D eigenvalue weighted by Gasteiger charge is -2.13. The number of nitriles is 1. The van der Waals surface area contributed by atoms with Gasteiger partial charge in [-0.15, -0.1) is 0 Å². The van der Waals surface area contributed by atoms with E-state index in [9.17, 15) is 4.79 Å². The second-order valence-corrected chi connectivity index (χ2v) is 7.35. The van der Waals surface area contributed by atoms with Crippen LogP contribution in [0.15, 0.2) is 81.7 Å². The topological polar surface area (TPSA) is 71.6 Å². The molecule has 4 aromatic rings. The van der Waals surface area contributed by atoms with Crippen molar-refractivity contribution < 1.29 is 0 Å². The zero-order valence-corrected chi connectivity index (χ0v) is 16.0. The van der Waals surface area contributed by atoms with Crippen molar-refractivity contribution in [2.45, 2.75) is 23.7 Å². The molecule has 136 valence electrons. The molecule has 0 spiro atoms. The summed E-state index contributed by atoms with van der Waals surface area (Å²) in [5, 5.41) is 10.8. The van der Waals surface area contributed by atoms with Gasteiger partial charge in [0.1, 0.15) is 16.8 Å². The Morgan fingerprint density at radius 1 is 1.00 bits per heavy atom. The maximum Gasteiger partial charge on any atom is 0.262 e. The summed E-state index contributed by atoms with van der Waals surface area (Å²) >= 11 is 1.28. The van der Waals surface area contributed by atoms with Gasteiger partial charge < -0.3 is 0 Å². The molecule has 5 nitrogen and oxygen atoms in total. The minimum atomic E-state index is -0.0925. The average molecular weight is 384 g/mol. The Balaban J connectivity index is 1.84. The minimum Gasteiger partial charge on any atom is -0.282 e. The van der Waals surface area contributed by atoms with Crippen molar-refractivity contribution in [3.8, 4) is 6.07 Å². The van der Waals surface area contributed by atoms with Crippen LogP contribution < -0.4 is 5.56 Å². The number of aromatic nitrogens is 3. The van der Waals surface area contributed by atoms with Crippen molar-refractivity contribution >= 4 is 22.7 Å². The van der Waals surface area contributed by atoms with E-state index in [-0.39, 0.29) is 5.56 Å². The van der Waals surface area contributed by atoms with E-state index < -0.39 is 0 Å². The molecule has 0 amide bonds. The van der Waals surface area contributed by atoms with Gasteiger partial charge in [0.05, 0.1) is 17.4 Å². The van der Waals surface area contributed by atoms with Crippen LogP contribution in [0.4, 0.5) is 0 Å². The Hall–Kier alpha value is -3.43. The fraction of sp³-hybridized carbons (Fsp3) is 0.0909. The number of pyridine rings is 1. The molecular weight excluding hydrogens is 368 g/mol. The first kappa shape index (κ1) is 18.0. The summed E-state index contributed by atoms with van der Waals surface area (Å²) in [6.07, 6.45) is 0. The average Bonchev–Trinajstić information content (AvgIpc) is 2.72. The summed E-state index contributed by atoms with van der Waals surface area (Å²) < 4.78 is 1.67. The van der Waals surface area contributed by atoms with E-state index in [1.54, 1.807) is 22.8 Å². The summed E-state index contributed by atoms with van der Waals surface area (Å²) in [5.41, 5.74) is 3.07. The molecule has 0 saturated heterocycles. The van der Waals surface area contributed by atoms with E-state index in [1.807, 2.05) is 61.5 Å². The fourth-order valence-electron chi connectivity index (χ4n) is 2.87. The monoisotopic (exact) mass is 384 g/mol. The van der Waals surface area contributed by atoms with Crippen LogP contribution in [-0.4, -0.2) is 14.5 Å². The Morgan fingerprint density at radius 3 is 2.57 bits per heavy atom. The Bertz CT molecular complexity index is 1260. The Kier molecular flexibility index (Phi) is 4.92. The number of aryl methyl sites for hydroxylation is 1. The van der Waals surface area contributed by atoms with E-state index in [2.05, 4.69) is 4.98 Å². The lowest BCUT2D eigenvalue weighted by Crippen LogP contribution is -2.24. The maximum absolute atomic E-state index is 13.2. The van der Waals surface area contributed by atoms with Gasteiger partial charge in [-0.05, 0) is 48.5 Å². The predicted molar refractivity (Wildman–Crippen MR) is 109 cm³/mol. The smallest absolute Gasteiger partial charge is 0.262 e. The lowest BCUT2D eigenvalue weighted by atomic mass is 10.1. The fourth-order valence-corrected chi connectivity index (χ4v) is 3.75. The first-order chi connectivity index (χ1) is 13.6. The molecule has 0 aliphatic heterocycles. The second kappa shape index (κ2) is 7.67. The van der Waals surface area contributed by atoms with Crippen molar-refractivity contribution in [1.29, 1.82) is 5.26 Å². The van der Waals surface area contributed by atoms with Gasteiger partial charge in [0, 0.05) is 0 Å². The predicted octanol–water partition coefficient (Wildman–Crippen LogP) is 4.17. The van der Waals surface area contributed by atoms with Gasteiger partial charge in [0.2, 0.25) is 0 Å². The molecule has 0 atom stereocenters. The van der Waals surface area contributed by atoms with Crippen LogP contribution in [0, 0.1) is 18.3 Å². The first-order valence-corrected chi connectivity index (χ1v) is 9.56. The quantitative estimate of drug-likeness (QED) is 0.494. The number of rotatable bonds is 4. The number of hydrogen-bond acceptors (Lipinski definition) is 5. The van der Waals surface area contributed by atoms with Crippen molar-refractivity contribution in [2.24, 2.45) is 0 Å². The molecule has 4 rings (SSSR count). The third-order valence-electron chi connectivity index (χ3n) is 4.32. The third-order valence-corrected chi connectivity index (χ3v) is 5.25. The molecule has 2 aromatic carbocycles. The van der Waals surface area contributed by atoms with Crippen LogP contribution in [0.2, 0.25) is 0 Å². The molecular formula is C22H16N4OS. The highest BCUT2D eigenvalue weighted by Gasteiger charge is 2.13. The molecule has 0 bridgehead atoms. The summed E-state index contributed by atoms with van der Waals surface area (Å²) in [4.78, 5) is 22.2. The maximum atomic E-state index is 13.2. The molecule has 6 heteroatoms. The van der Waals surface area contributed by atoms with Crippen molar-refractivity contribution in [3.05, 3.63) is 93.9 Å². The highest BCUT2D eigenvalue weighted by atomic mass is 32.2. The minimum absolute atomic E-state index is 0.0925. The molecule has 0 saturated carbocycles. The van der Waals surface area contributed by atoms with Gasteiger partial charge in [-0.1, -0.05) is 48.0 Å². The van der Waals surface area contributed by atoms with Crippen LogP contribution in [0.5, 0.6) is 0 Å². The molecule has 0 unspecified atom stereocenters. The zero-order valence-electron chi connectivity index (χ0n) is 15.2. The van der Waals surface area contributed by atoms with Crippen molar-refractivity contribution in [3.63, 3.8) is 0 Å². The molecule has 0 radical (unpaired) electrons. The number of nitrogens with zero attached hydrogens (tertiary/aromatic N) is 4. The largest absolute Gasteiger partial charge is 0.282 e. The van der Waals surface area contributed by atoms with Gasteiger partial charge >= 0.3 is 0 Å². The van der Waals surface area contributed by atoms with Gasteiger partial charge in [0.25, 0.3) is 5.56 Å². The van der Waals surface area contributed by atoms with E-state index in [4.69, 9.17) is 10.2 Å². The Labute approximate surface area is 166 Å². The number of para-hydroxylation sites is 1. The molecule has 0 N–H and O–H groups in total. The first-order valence-electron chi connectivity index (χ1n) is 8.74. The van der Waals surface area contributed by atoms with Crippen molar-refractivity contribution in [2.75, 3.05) is 0 Å². The van der Waals surface area contributed by atoms with Crippen LogP contribution in [0.1, 0.15) is 16.8 Å². The lowest BCUT2D eigenvalue weighted by molar-refractivity contribution is 0.657. The van der Waals surface area contributed by atoms with E-state index >= 15 is 0 Å². The summed E-state index contributed by atoms with van der Waals surface area (Å²) in [5.74, 6) is 0. The molecule has 28 heavy (non-hydrogen) atoms. The van der Waals surface area contributed by atoms with Crippen LogP contribution >= 0.6 is 11.8 Å². The molecule has 2 aromatic heterocycles. The Morgan fingerprint density at radius 2 is 1.79 bits per heavy atom. The van der Waals surface area contributed by atoms with E-state index in [0.29, 0.717) is 33.3 Å². The summed E-state index contributed by atoms with van der Waals surface area (Å²) in [7, 11) is 0. The highest BCUT2D eigenvalue weighted by molar-refractivity contribution is 7.99. The highest BCUT2D eigenvalue weighted by Crippen LogP contribution is 2.25. The van der Waals surface area contributed by atoms with Gasteiger partial charge in [-0.3, -0.25) is 9.36 Å². The molecule has 0 fully saturated rings. The van der Waals surface area contributed by atoms with E-state index in [0.717, 1.165) is 5.56 Å². The standard InChI is InChI=1S/C22H16N4OS/c1-15-9-11-16(12-10-15)14-26-21(27)18-6-2-3-7-19(18)25-22(26)28-20-8-4-5-17(13-23)24-20/h2-12H,14H2,1H3. The van der Waals surface area contributed by atoms with Gasteiger partial charge in [-0.25, -0.2) is 9.97 Å². The summed E-state index contributed by atoms with van der Waals surface area (Å²) in [6, 6.07) is 22.7. The number of benzene rings is 2. The zero-order chi connectivity index (χ0) is 19.5. The van der Waals surface area contributed by atoms with Gasteiger partial charge in [0.15, 0.2) is 5.16 Å². The number of fused-ring (bicyclic) bond motifs is 1. The third kappa shape index (κ3) is 3.66. The molecule has 0 aliphatic rings. The SMILES string of the molecule is Cc1ccc(Cn2c(Sc3cccc(C#N)n3)nc3ccccc3c2=O)cc1. The summed E-state index contributed by atoms with van der Waals surface area (Å²) in [6.45, 7) is 2.44. The van der Waals surface area contributed by atoms with Crippen LogP contribution in [0.3, 0.4) is 0 Å². The molecule has 0 aliphatic carbocycles. The van der Waals surface area contributed by atoms with Crippen LogP contribution in [0.25, 0.3) is 10.9 Å². The normalized spacial score (nSPS) is 10.7. The number of hydrogen-bond donors (Lipinski definition) is 0. The van der Waals surface area contributed by atoms with E-state index in [1.165, 1.54) is 17.3 Å². The van der Waals surface area contributed by atoms with Crippen molar-refractivity contribution in [1.82, 2.24) is 14.5 Å².